The van der Waals surface area contributed by atoms with E-state index in [1.165, 1.54) is 0 Å². The van der Waals surface area contributed by atoms with Crippen LogP contribution in [0.25, 0.3) is 28.4 Å². The summed E-state index contributed by atoms with van der Waals surface area (Å²) in [7, 11) is 0. The Kier molecular flexibility index (Phi) is 3.53. The fraction of sp³-hybridized carbons (Fsp3) is 0.188. The van der Waals surface area contributed by atoms with Crippen LogP contribution in [0.15, 0.2) is 32.0 Å². The minimum Gasteiger partial charge on any atom is -0.419 e. The molecule has 0 radical (unpaired) electrons. The molecule has 3 aromatic heterocycles. The molecule has 1 N–H and O–H groups in total. The first-order chi connectivity index (χ1) is 11.9. The molecule has 0 spiro atoms. The average molecular weight is 401 g/mol. The number of nitrogens with zero attached hydrogens (tertiary/aromatic N) is 5. The van der Waals surface area contributed by atoms with Gasteiger partial charge in [0.05, 0.1) is 5.69 Å². The fourth-order valence-electron chi connectivity index (χ4n) is 2.79. The van der Waals surface area contributed by atoms with E-state index in [-0.39, 0.29) is 17.3 Å². The van der Waals surface area contributed by atoms with Crippen LogP contribution >= 0.6 is 15.9 Å². The first-order valence-electron chi connectivity index (χ1n) is 7.49. The molecule has 1 aromatic carbocycles. The maximum atomic E-state index is 12.4. The Morgan fingerprint density at radius 1 is 1.16 bits per heavy atom. The van der Waals surface area contributed by atoms with Crippen molar-refractivity contribution in [1.82, 2.24) is 29.9 Å². The maximum Gasteiger partial charge on any atom is 0.283 e. The third-order valence-corrected chi connectivity index (χ3v) is 4.26. The number of benzene rings is 1. The zero-order valence-electron chi connectivity index (χ0n) is 13.7. The van der Waals surface area contributed by atoms with E-state index >= 15 is 0 Å². The van der Waals surface area contributed by atoms with Crippen molar-refractivity contribution in [3.8, 4) is 17.4 Å². The summed E-state index contributed by atoms with van der Waals surface area (Å²) in [4.78, 5) is 19.4. The number of aryl methyl sites for hydroxylation is 3. The molecule has 0 aliphatic heterocycles. The summed E-state index contributed by atoms with van der Waals surface area (Å²) in [6.45, 7) is 5.65. The summed E-state index contributed by atoms with van der Waals surface area (Å²) >= 11 is 3.48. The Morgan fingerprint density at radius 3 is 2.52 bits per heavy atom. The van der Waals surface area contributed by atoms with Crippen LogP contribution in [0.1, 0.15) is 17.0 Å². The topological polar surface area (TPSA) is 102 Å². The molecule has 0 aliphatic rings. The number of halogens is 1. The number of aromatic nitrogens is 6. The Labute approximate surface area is 150 Å². The van der Waals surface area contributed by atoms with Crippen LogP contribution in [0.5, 0.6) is 0 Å². The van der Waals surface area contributed by atoms with Crippen LogP contribution < -0.4 is 5.56 Å². The van der Waals surface area contributed by atoms with E-state index in [1.54, 1.807) is 17.8 Å². The van der Waals surface area contributed by atoms with Gasteiger partial charge in [0.15, 0.2) is 5.65 Å². The summed E-state index contributed by atoms with van der Waals surface area (Å²) in [5, 5.41) is 12.5. The summed E-state index contributed by atoms with van der Waals surface area (Å²) in [5.41, 5.74) is 2.98. The van der Waals surface area contributed by atoms with Crippen LogP contribution in [0.4, 0.5) is 0 Å². The van der Waals surface area contributed by atoms with Gasteiger partial charge in [0.1, 0.15) is 5.39 Å². The predicted octanol–water partition coefficient (Wildman–Crippen LogP) is 2.85. The van der Waals surface area contributed by atoms with Gasteiger partial charge < -0.3 is 9.40 Å². The lowest BCUT2D eigenvalue weighted by atomic mass is 10.1. The smallest absolute Gasteiger partial charge is 0.283 e. The molecule has 0 saturated carbocycles. The lowest BCUT2D eigenvalue weighted by Crippen LogP contribution is -2.08. The largest absolute Gasteiger partial charge is 0.419 e. The Morgan fingerprint density at radius 2 is 1.88 bits per heavy atom. The molecule has 3 heterocycles. The molecule has 0 unspecified atom stereocenters. The molecule has 4 aromatic rings. The standard InChI is InChI=1S/C16H13BrN6O2/c1-7-4-10(17)5-8(2)12(7)23-6-11-13(22-23)18-14(19-15(11)24)16-21-20-9(3)25-16/h4-6H,1-3H3,(H,18,19,22,24). The molecule has 0 bridgehead atoms. The molecule has 126 valence electrons. The van der Waals surface area contributed by atoms with Gasteiger partial charge in [-0.2, -0.15) is 0 Å². The van der Waals surface area contributed by atoms with E-state index < -0.39 is 0 Å². The highest BCUT2D eigenvalue weighted by molar-refractivity contribution is 9.10. The predicted molar refractivity (Wildman–Crippen MR) is 94.7 cm³/mol. The number of fused-ring (bicyclic) bond motifs is 1. The van der Waals surface area contributed by atoms with Crippen molar-refractivity contribution < 1.29 is 4.42 Å². The molecule has 0 saturated heterocycles. The Hall–Kier alpha value is -2.81. The molecule has 0 atom stereocenters. The summed E-state index contributed by atoms with van der Waals surface area (Å²) in [6.07, 6.45) is 1.67. The molecule has 8 nitrogen and oxygen atoms in total. The van der Waals surface area contributed by atoms with E-state index in [9.17, 15) is 4.79 Å². The lowest BCUT2D eigenvalue weighted by molar-refractivity contribution is 0.528. The van der Waals surface area contributed by atoms with Crippen molar-refractivity contribution in [2.45, 2.75) is 20.8 Å². The first-order valence-corrected chi connectivity index (χ1v) is 8.29. The van der Waals surface area contributed by atoms with Crippen LogP contribution in [0, 0.1) is 20.8 Å². The normalized spacial score (nSPS) is 11.4. The monoisotopic (exact) mass is 400 g/mol. The van der Waals surface area contributed by atoms with Crippen molar-refractivity contribution in [1.29, 1.82) is 0 Å². The first kappa shape index (κ1) is 15.7. The van der Waals surface area contributed by atoms with Crippen LogP contribution in [-0.4, -0.2) is 29.9 Å². The van der Waals surface area contributed by atoms with E-state index in [1.807, 2.05) is 26.0 Å². The second-order valence-electron chi connectivity index (χ2n) is 5.74. The van der Waals surface area contributed by atoms with E-state index in [4.69, 9.17) is 4.42 Å². The number of nitrogens with one attached hydrogen (secondary N) is 1. The van der Waals surface area contributed by atoms with Crippen LogP contribution in [0.3, 0.4) is 0 Å². The van der Waals surface area contributed by atoms with Gasteiger partial charge in [0.2, 0.25) is 11.7 Å². The molecular formula is C16H13BrN6O2. The highest BCUT2D eigenvalue weighted by atomic mass is 79.9. The average Bonchev–Trinajstić information content (AvgIpc) is 3.12. The quantitative estimate of drug-likeness (QED) is 0.554. The van der Waals surface area contributed by atoms with E-state index in [0.717, 1.165) is 21.3 Å². The molecule has 0 aliphatic carbocycles. The van der Waals surface area contributed by atoms with Gasteiger partial charge in [-0.3, -0.25) is 4.79 Å². The zero-order valence-corrected chi connectivity index (χ0v) is 15.2. The van der Waals surface area contributed by atoms with Gasteiger partial charge in [-0.1, -0.05) is 15.9 Å². The molecular weight excluding hydrogens is 388 g/mol. The lowest BCUT2D eigenvalue weighted by Gasteiger charge is -2.10. The minimum atomic E-state index is -0.311. The summed E-state index contributed by atoms with van der Waals surface area (Å²) in [5.74, 6) is 0.749. The molecule has 4 rings (SSSR count). The second kappa shape index (κ2) is 5.62. The van der Waals surface area contributed by atoms with Crippen LogP contribution in [0.2, 0.25) is 0 Å². The zero-order chi connectivity index (χ0) is 17.7. The van der Waals surface area contributed by atoms with Gasteiger partial charge in [-0.05, 0) is 37.1 Å². The second-order valence-corrected chi connectivity index (χ2v) is 6.66. The molecule has 9 heteroatoms. The van der Waals surface area contributed by atoms with Crippen LogP contribution in [-0.2, 0) is 0 Å². The van der Waals surface area contributed by atoms with Gasteiger partial charge in [-0.25, -0.2) is 9.67 Å². The number of aromatic amines is 1. The third kappa shape index (κ3) is 2.66. The van der Waals surface area contributed by atoms with Gasteiger partial charge in [0.25, 0.3) is 11.4 Å². The van der Waals surface area contributed by atoms with Crippen molar-refractivity contribution in [3.05, 3.63) is 50.2 Å². The summed E-state index contributed by atoms with van der Waals surface area (Å²) < 4.78 is 7.99. The summed E-state index contributed by atoms with van der Waals surface area (Å²) in [6, 6.07) is 4.00. The SMILES string of the molecule is Cc1nnc(-c2nc3nn(-c4c(C)cc(Br)cc4C)cc3c(=O)[nH]2)o1. The van der Waals surface area contributed by atoms with Crippen molar-refractivity contribution in [3.63, 3.8) is 0 Å². The molecule has 25 heavy (non-hydrogen) atoms. The maximum absolute atomic E-state index is 12.4. The third-order valence-electron chi connectivity index (χ3n) is 3.80. The van der Waals surface area contributed by atoms with E-state index in [0.29, 0.717) is 16.9 Å². The van der Waals surface area contributed by atoms with E-state index in [2.05, 4.69) is 41.2 Å². The Balaban J connectivity index is 1.92. The highest BCUT2D eigenvalue weighted by Crippen LogP contribution is 2.24. The number of H-pyrrole nitrogens is 1. The number of rotatable bonds is 2. The molecule has 0 fully saturated rings. The van der Waals surface area contributed by atoms with Gasteiger partial charge in [0, 0.05) is 17.6 Å². The minimum absolute atomic E-state index is 0.155. The number of hydrogen-bond donors (Lipinski definition) is 1. The molecule has 0 amide bonds. The van der Waals surface area contributed by atoms with Crippen molar-refractivity contribution in [2.24, 2.45) is 0 Å². The van der Waals surface area contributed by atoms with Gasteiger partial charge in [-0.15, -0.1) is 15.3 Å². The van der Waals surface area contributed by atoms with Crippen molar-refractivity contribution in [2.75, 3.05) is 0 Å². The van der Waals surface area contributed by atoms with Crippen molar-refractivity contribution >= 4 is 27.0 Å². The van der Waals surface area contributed by atoms with Gasteiger partial charge >= 0.3 is 0 Å². The Bertz CT molecular complexity index is 1150. The number of hydrogen-bond acceptors (Lipinski definition) is 6. The fourth-order valence-corrected chi connectivity index (χ4v) is 3.48. The highest BCUT2D eigenvalue weighted by Gasteiger charge is 2.16.